The van der Waals surface area contributed by atoms with E-state index in [4.69, 9.17) is 4.74 Å². The minimum Gasteiger partial charge on any atom is -0.444 e. The molecule has 2 aliphatic rings. The van der Waals surface area contributed by atoms with Gasteiger partial charge in [-0.1, -0.05) is 0 Å². The Morgan fingerprint density at radius 2 is 2.30 bits per heavy atom. The molecule has 0 radical (unpaired) electrons. The van der Waals surface area contributed by atoms with Gasteiger partial charge in [0.15, 0.2) is 0 Å². The van der Waals surface area contributed by atoms with E-state index in [1.54, 1.807) is 11.2 Å². The summed E-state index contributed by atoms with van der Waals surface area (Å²) in [5.41, 5.74) is 1.60. The van der Waals surface area contributed by atoms with Crippen LogP contribution in [0.1, 0.15) is 38.6 Å². The molecule has 1 spiro atoms. The van der Waals surface area contributed by atoms with E-state index >= 15 is 0 Å². The predicted octanol–water partition coefficient (Wildman–Crippen LogP) is 1.39. The number of fused-ring (bicyclic) bond motifs is 2. The second-order valence-electron chi connectivity index (χ2n) is 6.64. The minimum absolute atomic E-state index is 0.204. The Kier molecular flexibility index (Phi) is 3.01. The van der Waals surface area contributed by atoms with Gasteiger partial charge in [-0.2, -0.15) is 0 Å². The number of aromatic nitrogens is 2. The fourth-order valence-electron chi connectivity index (χ4n) is 3.06. The highest BCUT2D eigenvalue weighted by molar-refractivity contribution is 5.69. The number of imidazole rings is 1. The van der Waals surface area contributed by atoms with Crippen molar-refractivity contribution in [3.8, 4) is 0 Å². The fourth-order valence-corrected chi connectivity index (χ4v) is 3.06. The maximum absolute atomic E-state index is 12.2. The van der Waals surface area contributed by atoms with Crippen LogP contribution in [-0.2, 0) is 16.7 Å². The molecule has 0 aliphatic carbocycles. The molecule has 0 aromatic carbocycles. The summed E-state index contributed by atoms with van der Waals surface area (Å²) in [6.07, 6.45) is 3.35. The van der Waals surface area contributed by atoms with Crippen molar-refractivity contribution in [2.45, 2.75) is 44.8 Å². The van der Waals surface area contributed by atoms with Crippen molar-refractivity contribution in [1.82, 2.24) is 20.2 Å². The van der Waals surface area contributed by atoms with Crippen LogP contribution >= 0.6 is 0 Å². The highest BCUT2D eigenvalue weighted by Gasteiger charge is 2.46. The third-order valence-electron chi connectivity index (χ3n) is 3.93. The van der Waals surface area contributed by atoms with E-state index in [-0.39, 0.29) is 11.6 Å². The number of aromatic amines is 1. The smallest absolute Gasteiger partial charge is 0.410 e. The summed E-state index contributed by atoms with van der Waals surface area (Å²) in [5.74, 6) is 0. The highest BCUT2D eigenvalue weighted by atomic mass is 16.6. The SMILES string of the molecule is CC(C)(C)OC(=O)N1CC[C@]2(C1)NCCc1[nH]cnc12. The van der Waals surface area contributed by atoms with Gasteiger partial charge in [-0.05, 0) is 27.2 Å². The number of carbonyl (C=O) groups is 1. The summed E-state index contributed by atoms with van der Waals surface area (Å²) in [7, 11) is 0. The zero-order valence-electron chi connectivity index (χ0n) is 12.3. The van der Waals surface area contributed by atoms with Gasteiger partial charge in [-0.3, -0.25) is 0 Å². The molecule has 1 fully saturated rings. The summed E-state index contributed by atoms with van der Waals surface area (Å²) in [6, 6.07) is 0. The second-order valence-corrected chi connectivity index (χ2v) is 6.64. The number of likely N-dealkylation sites (tertiary alicyclic amines) is 1. The minimum atomic E-state index is -0.454. The quantitative estimate of drug-likeness (QED) is 0.752. The first kappa shape index (κ1) is 13.4. The molecular formula is C14H22N4O2. The number of amides is 1. The Morgan fingerprint density at radius 1 is 1.50 bits per heavy atom. The van der Waals surface area contributed by atoms with Crippen LogP contribution in [0, 0.1) is 0 Å². The van der Waals surface area contributed by atoms with Crippen molar-refractivity contribution in [2.75, 3.05) is 19.6 Å². The van der Waals surface area contributed by atoms with E-state index in [1.807, 2.05) is 20.8 Å². The standard InChI is InChI=1S/C14H22N4O2/c1-13(2,3)20-12(19)18-7-5-14(8-18)11-10(4-6-17-14)15-9-16-11/h9,17H,4-8H2,1-3H3,(H,15,16)/t14-/m1/s1. The van der Waals surface area contributed by atoms with Crippen molar-refractivity contribution in [3.63, 3.8) is 0 Å². The number of rotatable bonds is 0. The third kappa shape index (κ3) is 2.28. The average Bonchev–Trinajstić information content (AvgIpc) is 2.95. The first-order chi connectivity index (χ1) is 9.40. The van der Waals surface area contributed by atoms with Crippen LogP contribution in [0.3, 0.4) is 0 Å². The van der Waals surface area contributed by atoms with Crippen molar-refractivity contribution >= 4 is 6.09 Å². The predicted molar refractivity (Wildman–Crippen MR) is 74.4 cm³/mol. The lowest BCUT2D eigenvalue weighted by Gasteiger charge is -2.34. The lowest BCUT2D eigenvalue weighted by Crippen LogP contribution is -2.50. The summed E-state index contributed by atoms with van der Waals surface area (Å²) in [4.78, 5) is 21.6. The first-order valence-corrected chi connectivity index (χ1v) is 7.15. The first-order valence-electron chi connectivity index (χ1n) is 7.15. The van der Waals surface area contributed by atoms with E-state index in [9.17, 15) is 4.79 Å². The number of hydrogen-bond acceptors (Lipinski definition) is 4. The van der Waals surface area contributed by atoms with Gasteiger partial charge < -0.3 is 19.9 Å². The van der Waals surface area contributed by atoms with Crippen molar-refractivity contribution in [1.29, 1.82) is 0 Å². The number of nitrogens with zero attached hydrogens (tertiary/aromatic N) is 2. The highest BCUT2D eigenvalue weighted by Crippen LogP contribution is 2.35. The molecule has 0 saturated carbocycles. The average molecular weight is 278 g/mol. The number of ether oxygens (including phenoxy) is 1. The Labute approximate surface area is 118 Å². The summed E-state index contributed by atoms with van der Waals surface area (Å²) >= 11 is 0. The molecule has 6 heteroatoms. The molecule has 2 aliphatic heterocycles. The van der Waals surface area contributed by atoms with Gasteiger partial charge >= 0.3 is 6.09 Å². The molecule has 0 bridgehead atoms. The van der Waals surface area contributed by atoms with Gasteiger partial charge in [0.2, 0.25) is 0 Å². The molecule has 0 unspecified atom stereocenters. The van der Waals surface area contributed by atoms with Crippen LogP contribution in [0.2, 0.25) is 0 Å². The number of nitrogens with one attached hydrogen (secondary N) is 2. The van der Waals surface area contributed by atoms with Crippen LogP contribution in [0.15, 0.2) is 6.33 Å². The molecule has 3 rings (SSSR count). The van der Waals surface area contributed by atoms with E-state index in [0.717, 1.165) is 25.1 Å². The topological polar surface area (TPSA) is 70.2 Å². The van der Waals surface area contributed by atoms with Gasteiger partial charge in [0.05, 0.1) is 17.6 Å². The van der Waals surface area contributed by atoms with Crippen molar-refractivity contribution in [3.05, 3.63) is 17.7 Å². The van der Waals surface area contributed by atoms with Crippen molar-refractivity contribution < 1.29 is 9.53 Å². The molecule has 1 saturated heterocycles. The normalized spacial score (nSPS) is 25.9. The zero-order chi connectivity index (χ0) is 14.4. The Hall–Kier alpha value is -1.56. The summed E-state index contributed by atoms with van der Waals surface area (Å²) in [6.45, 7) is 7.91. The number of hydrogen-bond donors (Lipinski definition) is 2. The number of carbonyl (C=O) groups excluding carboxylic acids is 1. The molecule has 1 aromatic heterocycles. The fraction of sp³-hybridized carbons (Fsp3) is 0.714. The largest absolute Gasteiger partial charge is 0.444 e. The van der Waals surface area contributed by atoms with Crippen LogP contribution < -0.4 is 5.32 Å². The van der Waals surface area contributed by atoms with Crippen molar-refractivity contribution in [2.24, 2.45) is 0 Å². The lowest BCUT2D eigenvalue weighted by molar-refractivity contribution is 0.0278. The zero-order valence-corrected chi connectivity index (χ0v) is 12.3. The van der Waals surface area contributed by atoms with Crippen LogP contribution in [-0.4, -0.2) is 46.2 Å². The Morgan fingerprint density at radius 3 is 3.05 bits per heavy atom. The Balaban J connectivity index is 1.76. The van der Waals surface area contributed by atoms with Gasteiger partial charge in [-0.15, -0.1) is 0 Å². The molecular weight excluding hydrogens is 256 g/mol. The number of H-pyrrole nitrogens is 1. The van der Waals surface area contributed by atoms with E-state index in [0.29, 0.717) is 13.1 Å². The second kappa shape index (κ2) is 4.48. The Bertz CT molecular complexity index is 519. The molecule has 20 heavy (non-hydrogen) atoms. The van der Waals surface area contributed by atoms with E-state index in [2.05, 4.69) is 15.3 Å². The summed E-state index contributed by atoms with van der Waals surface area (Å²) in [5, 5.41) is 3.55. The van der Waals surface area contributed by atoms with Crippen LogP contribution in [0.4, 0.5) is 4.79 Å². The summed E-state index contributed by atoms with van der Waals surface area (Å²) < 4.78 is 5.46. The molecule has 1 amide bonds. The maximum atomic E-state index is 12.2. The van der Waals surface area contributed by atoms with Gasteiger partial charge in [-0.25, -0.2) is 9.78 Å². The molecule has 110 valence electrons. The molecule has 3 heterocycles. The van der Waals surface area contributed by atoms with E-state index < -0.39 is 5.60 Å². The van der Waals surface area contributed by atoms with Gasteiger partial charge in [0, 0.05) is 31.7 Å². The third-order valence-corrected chi connectivity index (χ3v) is 3.93. The van der Waals surface area contributed by atoms with Gasteiger partial charge in [0.1, 0.15) is 5.60 Å². The maximum Gasteiger partial charge on any atom is 0.410 e. The monoisotopic (exact) mass is 278 g/mol. The molecule has 6 nitrogen and oxygen atoms in total. The molecule has 1 aromatic rings. The van der Waals surface area contributed by atoms with Gasteiger partial charge in [0.25, 0.3) is 0 Å². The van der Waals surface area contributed by atoms with Crippen LogP contribution in [0.5, 0.6) is 0 Å². The van der Waals surface area contributed by atoms with Crippen LogP contribution in [0.25, 0.3) is 0 Å². The molecule has 1 atom stereocenters. The van der Waals surface area contributed by atoms with E-state index in [1.165, 1.54) is 5.69 Å². The molecule has 2 N–H and O–H groups in total. The lowest BCUT2D eigenvalue weighted by atomic mass is 9.89.